The van der Waals surface area contributed by atoms with Gasteiger partial charge in [0.25, 0.3) is 11.6 Å². The number of carbonyl (C=O) groups excluding carboxylic acids is 2. The first-order valence-corrected chi connectivity index (χ1v) is 9.46. The Kier molecular flexibility index (Phi) is 7.80. The molecule has 0 saturated carbocycles. The average Bonchev–Trinajstić information content (AvgIpc) is 2.71. The number of halogens is 4. The van der Waals surface area contributed by atoms with E-state index in [0.717, 1.165) is 12.1 Å². The number of hydrazine groups is 1. The Morgan fingerprint density at radius 1 is 1.19 bits per heavy atom. The molecule has 2 rings (SSSR count). The van der Waals surface area contributed by atoms with Crippen molar-refractivity contribution in [1.82, 2.24) is 10.9 Å². The van der Waals surface area contributed by atoms with E-state index in [1.54, 1.807) is 0 Å². The molecule has 0 spiro atoms. The second-order valence-electron chi connectivity index (χ2n) is 5.95. The van der Waals surface area contributed by atoms with Crippen molar-refractivity contribution in [1.29, 1.82) is 0 Å². The number of nitro benzene ring substituents is 1. The summed E-state index contributed by atoms with van der Waals surface area (Å²) in [5.41, 5.74) is 2.09. The Morgan fingerprint density at radius 3 is 2.48 bits per heavy atom. The topological polar surface area (TPSA) is 111 Å². The summed E-state index contributed by atoms with van der Waals surface area (Å²) in [7, 11) is 0. The molecule has 2 N–H and O–H groups in total. The first kappa shape index (κ1) is 23.9. The molecule has 2 aromatic rings. The summed E-state index contributed by atoms with van der Waals surface area (Å²) in [5, 5.41) is 11.0. The van der Waals surface area contributed by atoms with E-state index in [-0.39, 0.29) is 10.6 Å². The highest BCUT2D eigenvalue weighted by atomic mass is 32.2. The van der Waals surface area contributed by atoms with Crippen LogP contribution in [0, 0.1) is 15.9 Å². The molecule has 0 aliphatic heterocycles. The molecule has 0 aromatic heterocycles. The van der Waals surface area contributed by atoms with Crippen LogP contribution in [0.15, 0.2) is 47.4 Å². The minimum absolute atomic E-state index is 0.157. The van der Waals surface area contributed by atoms with Crippen molar-refractivity contribution in [3.05, 3.63) is 64.0 Å². The monoisotopic (exact) mass is 461 g/mol. The zero-order chi connectivity index (χ0) is 23.2. The molecule has 2 aromatic carbocycles. The second kappa shape index (κ2) is 10.1. The quantitative estimate of drug-likeness (QED) is 0.283. The summed E-state index contributed by atoms with van der Waals surface area (Å²) >= 11 is 0.614. The molecule has 0 fully saturated rings. The largest absolute Gasteiger partial charge is 0.478 e. The highest BCUT2D eigenvalue weighted by Crippen LogP contribution is 2.36. The van der Waals surface area contributed by atoms with E-state index in [1.807, 2.05) is 10.9 Å². The van der Waals surface area contributed by atoms with Gasteiger partial charge in [0.05, 0.1) is 21.1 Å². The fraction of sp³-hybridized carbons (Fsp3) is 0.222. The zero-order valence-electron chi connectivity index (χ0n) is 15.7. The van der Waals surface area contributed by atoms with E-state index in [0.29, 0.717) is 23.9 Å². The number of ether oxygens (including phenoxy) is 1. The molecular weight excluding hydrogens is 446 g/mol. The molecule has 0 bridgehead atoms. The minimum atomic E-state index is -4.75. The van der Waals surface area contributed by atoms with Gasteiger partial charge in [-0.1, -0.05) is 12.1 Å². The van der Waals surface area contributed by atoms with Gasteiger partial charge in [0.1, 0.15) is 0 Å². The first-order valence-electron chi connectivity index (χ1n) is 8.47. The summed E-state index contributed by atoms with van der Waals surface area (Å²) in [6.07, 6.45) is -5.92. The number of para-hydroxylation sites is 1. The molecule has 0 heterocycles. The van der Waals surface area contributed by atoms with Crippen LogP contribution in [0.4, 0.5) is 23.2 Å². The van der Waals surface area contributed by atoms with Crippen LogP contribution in [-0.4, -0.2) is 28.6 Å². The number of thioether (sulfide) groups is 1. The Balaban J connectivity index is 1.90. The third kappa shape index (κ3) is 6.84. The number of alkyl halides is 3. The highest BCUT2D eigenvalue weighted by Gasteiger charge is 2.33. The van der Waals surface area contributed by atoms with Gasteiger partial charge in [-0.3, -0.25) is 30.6 Å². The summed E-state index contributed by atoms with van der Waals surface area (Å²) in [6, 6.07) is 7.32. The zero-order valence-corrected chi connectivity index (χ0v) is 16.6. The normalized spacial score (nSPS) is 12.0. The minimum Gasteiger partial charge on any atom is -0.478 e. The third-order valence-corrected chi connectivity index (χ3v) is 4.74. The Hall–Kier alpha value is -3.35. The van der Waals surface area contributed by atoms with Gasteiger partial charge in [-0.05, 0) is 31.2 Å². The predicted octanol–water partition coefficient (Wildman–Crippen LogP) is 3.46. The van der Waals surface area contributed by atoms with E-state index in [1.165, 1.54) is 25.1 Å². The Morgan fingerprint density at radius 2 is 1.87 bits per heavy atom. The van der Waals surface area contributed by atoms with E-state index in [4.69, 9.17) is 4.74 Å². The van der Waals surface area contributed by atoms with Gasteiger partial charge < -0.3 is 4.74 Å². The molecule has 0 saturated heterocycles. The third-order valence-electron chi connectivity index (χ3n) is 3.68. The Labute approximate surface area is 177 Å². The van der Waals surface area contributed by atoms with Gasteiger partial charge >= 0.3 is 6.18 Å². The van der Waals surface area contributed by atoms with Crippen LogP contribution in [-0.2, 0) is 15.8 Å². The molecule has 13 heteroatoms. The van der Waals surface area contributed by atoms with Crippen molar-refractivity contribution in [3.63, 3.8) is 0 Å². The van der Waals surface area contributed by atoms with Crippen LogP contribution in [0.2, 0.25) is 0 Å². The smallest absolute Gasteiger partial charge is 0.416 e. The highest BCUT2D eigenvalue weighted by molar-refractivity contribution is 8.00. The van der Waals surface area contributed by atoms with Crippen LogP contribution in [0.25, 0.3) is 0 Å². The lowest BCUT2D eigenvalue weighted by atomic mass is 10.2. The summed E-state index contributed by atoms with van der Waals surface area (Å²) in [4.78, 5) is 33.7. The van der Waals surface area contributed by atoms with Crippen molar-refractivity contribution < 1.29 is 36.8 Å². The van der Waals surface area contributed by atoms with E-state index in [2.05, 4.69) is 0 Å². The number of hydrogen-bond donors (Lipinski definition) is 2. The molecule has 31 heavy (non-hydrogen) atoms. The van der Waals surface area contributed by atoms with Gasteiger partial charge in [0.15, 0.2) is 17.7 Å². The predicted molar refractivity (Wildman–Crippen MR) is 102 cm³/mol. The fourth-order valence-electron chi connectivity index (χ4n) is 2.16. The number of nitrogens with one attached hydrogen (secondary N) is 2. The maximum absolute atomic E-state index is 13.5. The number of amides is 2. The van der Waals surface area contributed by atoms with Crippen LogP contribution in [0.1, 0.15) is 12.5 Å². The lowest BCUT2D eigenvalue weighted by molar-refractivity contribution is -0.388. The molecule has 0 aliphatic rings. The van der Waals surface area contributed by atoms with E-state index >= 15 is 0 Å². The number of nitrogens with zero attached hydrogens (tertiary/aromatic N) is 1. The molecule has 1 atom stereocenters. The van der Waals surface area contributed by atoms with Crippen LogP contribution >= 0.6 is 11.8 Å². The lowest BCUT2D eigenvalue weighted by Crippen LogP contribution is -2.47. The first-order chi connectivity index (χ1) is 14.5. The molecule has 8 nitrogen and oxygen atoms in total. The van der Waals surface area contributed by atoms with Crippen molar-refractivity contribution in [3.8, 4) is 5.75 Å². The van der Waals surface area contributed by atoms with Crippen molar-refractivity contribution in [2.45, 2.75) is 24.1 Å². The molecule has 2 amide bonds. The standard InChI is InChI=1S/C18H15F4N3O5S/c1-10(30-14-5-3-2-4-12(14)19)17(27)24-23-16(26)9-31-15-7-6-11(18(20,21)22)8-13(15)25(28)29/h2-8,10H,9H2,1H3,(H,23,26)(H,24,27)/t10-/m0/s1. The number of nitro groups is 1. The van der Waals surface area contributed by atoms with Gasteiger partial charge in [-0.15, -0.1) is 11.8 Å². The second-order valence-corrected chi connectivity index (χ2v) is 6.97. The summed E-state index contributed by atoms with van der Waals surface area (Å²) < 4.78 is 56.8. The summed E-state index contributed by atoms with van der Waals surface area (Å²) in [6.45, 7) is 1.31. The SMILES string of the molecule is C[C@H](Oc1ccccc1F)C(=O)NNC(=O)CSc1ccc(C(F)(F)F)cc1[N+](=O)[O-]. The van der Waals surface area contributed by atoms with E-state index < -0.39 is 51.8 Å². The maximum Gasteiger partial charge on any atom is 0.416 e. The molecule has 0 unspecified atom stereocenters. The van der Waals surface area contributed by atoms with Crippen LogP contribution in [0.3, 0.4) is 0 Å². The maximum atomic E-state index is 13.5. The average molecular weight is 461 g/mol. The van der Waals surface area contributed by atoms with E-state index in [9.17, 15) is 37.3 Å². The lowest BCUT2D eigenvalue weighted by Gasteiger charge is -2.15. The van der Waals surface area contributed by atoms with Crippen molar-refractivity contribution >= 4 is 29.3 Å². The van der Waals surface area contributed by atoms with Crippen molar-refractivity contribution in [2.24, 2.45) is 0 Å². The summed E-state index contributed by atoms with van der Waals surface area (Å²) in [5.74, 6) is -2.87. The molecule has 0 radical (unpaired) electrons. The molecular formula is C18H15F4N3O5S. The van der Waals surface area contributed by atoms with Gasteiger partial charge in [-0.2, -0.15) is 13.2 Å². The number of carbonyl (C=O) groups is 2. The number of rotatable bonds is 7. The van der Waals surface area contributed by atoms with Gasteiger partial charge in [-0.25, -0.2) is 4.39 Å². The van der Waals surface area contributed by atoms with Gasteiger partial charge in [0.2, 0.25) is 5.91 Å². The fourth-order valence-corrected chi connectivity index (χ4v) is 2.96. The molecule has 0 aliphatic carbocycles. The van der Waals surface area contributed by atoms with Crippen molar-refractivity contribution in [2.75, 3.05) is 5.75 Å². The van der Waals surface area contributed by atoms with Gasteiger partial charge in [0, 0.05) is 6.07 Å². The Bertz CT molecular complexity index is 987. The molecule has 166 valence electrons. The number of hydrogen-bond acceptors (Lipinski definition) is 6. The van der Waals surface area contributed by atoms with Crippen LogP contribution < -0.4 is 15.6 Å². The van der Waals surface area contributed by atoms with Crippen LogP contribution in [0.5, 0.6) is 5.75 Å². The number of benzene rings is 2.